The number of rotatable bonds is 7. The zero-order valence-electron chi connectivity index (χ0n) is 10.5. The Kier molecular flexibility index (Phi) is 6.54. The SMILES string of the molecule is CCOc1ccc(CC(=O)NCCCN)cc1Cl. The van der Waals surface area contributed by atoms with E-state index in [0.29, 0.717) is 36.9 Å². The quantitative estimate of drug-likeness (QED) is 0.742. The minimum Gasteiger partial charge on any atom is -0.492 e. The number of hydrogen-bond donors (Lipinski definition) is 2. The maximum absolute atomic E-state index is 11.6. The van der Waals surface area contributed by atoms with Gasteiger partial charge in [-0.3, -0.25) is 4.79 Å². The van der Waals surface area contributed by atoms with Crippen molar-refractivity contribution in [1.29, 1.82) is 0 Å². The third kappa shape index (κ3) is 4.94. The van der Waals surface area contributed by atoms with E-state index in [4.69, 9.17) is 22.1 Å². The van der Waals surface area contributed by atoms with Gasteiger partial charge in [-0.2, -0.15) is 0 Å². The van der Waals surface area contributed by atoms with Gasteiger partial charge in [0.05, 0.1) is 18.1 Å². The molecule has 0 bridgehead atoms. The third-order valence-electron chi connectivity index (χ3n) is 2.36. The highest BCUT2D eigenvalue weighted by molar-refractivity contribution is 6.32. The molecule has 0 unspecified atom stereocenters. The van der Waals surface area contributed by atoms with Gasteiger partial charge in [-0.25, -0.2) is 0 Å². The molecule has 0 saturated heterocycles. The lowest BCUT2D eigenvalue weighted by Gasteiger charge is -2.08. The van der Waals surface area contributed by atoms with Crippen LogP contribution in [0.25, 0.3) is 0 Å². The third-order valence-corrected chi connectivity index (χ3v) is 2.66. The highest BCUT2D eigenvalue weighted by Gasteiger charge is 2.06. The van der Waals surface area contributed by atoms with Gasteiger partial charge in [-0.1, -0.05) is 17.7 Å². The number of ether oxygens (including phenoxy) is 1. The second-order valence-corrected chi connectivity index (χ2v) is 4.27. The van der Waals surface area contributed by atoms with Crippen molar-refractivity contribution in [3.8, 4) is 5.75 Å². The Bertz CT molecular complexity index is 397. The van der Waals surface area contributed by atoms with Gasteiger partial charge in [0.2, 0.25) is 5.91 Å². The fourth-order valence-corrected chi connectivity index (χ4v) is 1.76. The van der Waals surface area contributed by atoms with E-state index in [1.54, 1.807) is 12.1 Å². The fraction of sp³-hybridized carbons (Fsp3) is 0.462. The van der Waals surface area contributed by atoms with Crippen LogP contribution < -0.4 is 15.8 Å². The maximum atomic E-state index is 11.6. The summed E-state index contributed by atoms with van der Waals surface area (Å²) in [4.78, 5) is 11.6. The second-order valence-electron chi connectivity index (χ2n) is 3.87. The Balaban J connectivity index is 2.52. The lowest BCUT2D eigenvalue weighted by atomic mass is 10.1. The topological polar surface area (TPSA) is 64.3 Å². The van der Waals surface area contributed by atoms with E-state index in [9.17, 15) is 4.79 Å². The van der Waals surface area contributed by atoms with Crippen molar-refractivity contribution in [2.24, 2.45) is 5.73 Å². The second kappa shape index (κ2) is 7.95. The molecule has 1 rings (SSSR count). The number of nitrogens with one attached hydrogen (secondary N) is 1. The van der Waals surface area contributed by atoms with Gasteiger partial charge in [0.15, 0.2) is 0 Å². The molecule has 3 N–H and O–H groups in total. The van der Waals surface area contributed by atoms with Crippen LogP contribution in [0.15, 0.2) is 18.2 Å². The maximum Gasteiger partial charge on any atom is 0.224 e. The molecule has 0 radical (unpaired) electrons. The molecule has 1 aromatic rings. The minimum atomic E-state index is -0.0244. The monoisotopic (exact) mass is 270 g/mol. The average Bonchev–Trinajstić information content (AvgIpc) is 2.33. The van der Waals surface area contributed by atoms with Crippen LogP contribution in [0.4, 0.5) is 0 Å². The van der Waals surface area contributed by atoms with Crippen LogP contribution in [-0.2, 0) is 11.2 Å². The summed E-state index contributed by atoms with van der Waals surface area (Å²) < 4.78 is 5.33. The normalized spacial score (nSPS) is 10.2. The van der Waals surface area contributed by atoms with Crippen LogP contribution in [0, 0.1) is 0 Å². The molecule has 0 atom stereocenters. The van der Waals surface area contributed by atoms with Gasteiger partial charge in [0, 0.05) is 6.54 Å². The van der Waals surface area contributed by atoms with Crippen LogP contribution >= 0.6 is 11.6 Å². The number of benzene rings is 1. The largest absolute Gasteiger partial charge is 0.492 e. The summed E-state index contributed by atoms with van der Waals surface area (Å²) in [6.07, 6.45) is 1.10. The Morgan fingerprint density at radius 2 is 2.28 bits per heavy atom. The van der Waals surface area contributed by atoms with E-state index in [1.807, 2.05) is 13.0 Å². The van der Waals surface area contributed by atoms with Crippen LogP contribution in [-0.4, -0.2) is 25.6 Å². The van der Waals surface area contributed by atoms with Crippen molar-refractivity contribution in [1.82, 2.24) is 5.32 Å². The van der Waals surface area contributed by atoms with Crippen molar-refractivity contribution < 1.29 is 9.53 Å². The molecule has 0 spiro atoms. The van der Waals surface area contributed by atoms with Crippen molar-refractivity contribution in [2.45, 2.75) is 19.8 Å². The molecule has 18 heavy (non-hydrogen) atoms. The standard InChI is InChI=1S/C13H19ClN2O2/c1-2-18-12-5-4-10(8-11(12)14)9-13(17)16-7-3-6-15/h4-5,8H,2-3,6-7,9,15H2,1H3,(H,16,17). The number of hydrogen-bond acceptors (Lipinski definition) is 3. The summed E-state index contributed by atoms with van der Waals surface area (Å²) in [5.74, 6) is 0.620. The van der Waals surface area contributed by atoms with Crippen molar-refractivity contribution in [3.05, 3.63) is 28.8 Å². The van der Waals surface area contributed by atoms with E-state index < -0.39 is 0 Å². The van der Waals surface area contributed by atoms with Crippen LogP contribution in [0.2, 0.25) is 5.02 Å². The van der Waals surface area contributed by atoms with Gasteiger partial charge in [-0.15, -0.1) is 0 Å². The van der Waals surface area contributed by atoms with Gasteiger partial charge in [0.25, 0.3) is 0 Å². The van der Waals surface area contributed by atoms with Gasteiger partial charge < -0.3 is 15.8 Å². The van der Waals surface area contributed by atoms with E-state index in [2.05, 4.69) is 5.32 Å². The molecule has 0 aliphatic carbocycles. The summed E-state index contributed by atoms with van der Waals surface area (Å²) in [5, 5.41) is 3.33. The number of nitrogens with two attached hydrogens (primary N) is 1. The van der Waals surface area contributed by atoms with Crippen LogP contribution in [0.5, 0.6) is 5.75 Å². The Morgan fingerprint density at radius 1 is 1.50 bits per heavy atom. The van der Waals surface area contributed by atoms with Gasteiger partial charge >= 0.3 is 0 Å². The first-order valence-electron chi connectivity index (χ1n) is 6.05. The zero-order chi connectivity index (χ0) is 13.4. The van der Waals surface area contributed by atoms with Crippen LogP contribution in [0.3, 0.4) is 0 Å². The zero-order valence-corrected chi connectivity index (χ0v) is 11.3. The predicted octanol–water partition coefficient (Wildman–Crippen LogP) is 1.75. The number of carbonyl (C=O) groups excluding carboxylic acids is 1. The van der Waals surface area contributed by atoms with E-state index in [1.165, 1.54) is 0 Å². The fourth-order valence-electron chi connectivity index (χ4n) is 1.50. The summed E-state index contributed by atoms with van der Waals surface area (Å²) in [6, 6.07) is 5.39. The molecule has 1 aromatic carbocycles. The van der Waals surface area contributed by atoms with E-state index in [-0.39, 0.29) is 5.91 Å². The molecule has 4 nitrogen and oxygen atoms in total. The molecule has 0 fully saturated rings. The van der Waals surface area contributed by atoms with Crippen LogP contribution in [0.1, 0.15) is 18.9 Å². The molecule has 0 aromatic heterocycles. The van der Waals surface area contributed by atoms with Crippen molar-refractivity contribution in [3.63, 3.8) is 0 Å². The average molecular weight is 271 g/mol. The molecule has 0 aliphatic heterocycles. The Morgan fingerprint density at radius 3 is 2.89 bits per heavy atom. The van der Waals surface area contributed by atoms with Gasteiger partial charge in [0.1, 0.15) is 5.75 Å². The smallest absolute Gasteiger partial charge is 0.224 e. The lowest BCUT2D eigenvalue weighted by molar-refractivity contribution is -0.120. The Hall–Kier alpha value is -1.26. The summed E-state index contributed by atoms with van der Waals surface area (Å²) in [5.41, 5.74) is 6.22. The predicted molar refractivity (Wildman–Crippen MR) is 73.0 cm³/mol. The first-order chi connectivity index (χ1) is 8.67. The number of amides is 1. The van der Waals surface area contributed by atoms with Crippen molar-refractivity contribution >= 4 is 17.5 Å². The van der Waals surface area contributed by atoms with E-state index in [0.717, 1.165) is 12.0 Å². The molecular formula is C13H19ClN2O2. The molecule has 0 heterocycles. The van der Waals surface area contributed by atoms with Gasteiger partial charge in [-0.05, 0) is 37.6 Å². The highest BCUT2D eigenvalue weighted by Crippen LogP contribution is 2.25. The van der Waals surface area contributed by atoms with E-state index >= 15 is 0 Å². The molecule has 0 saturated carbocycles. The molecule has 1 amide bonds. The molecular weight excluding hydrogens is 252 g/mol. The number of halogens is 1. The lowest BCUT2D eigenvalue weighted by Crippen LogP contribution is -2.27. The number of carbonyl (C=O) groups is 1. The van der Waals surface area contributed by atoms with Crippen molar-refractivity contribution in [2.75, 3.05) is 19.7 Å². The highest BCUT2D eigenvalue weighted by atomic mass is 35.5. The molecule has 0 aliphatic rings. The minimum absolute atomic E-state index is 0.0244. The molecule has 5 heteroatoms. The first kappa shape index (κ1) is 14.8. The summed E-state index contributed by atoms with van der Waals surface area (Å²) in [7, 11) is 0. The molecule has 100 valence electrons. The Labute approximate surface area is 112 Å². The first-order valence-corrected chi connectivity index (χ1v) is 6.43. The summed E-state index contributed by atoms with van der Waals surface area (Å²) >= 11 is 6.05. The summed E-state index contributed by atoms with van der Waals surface area (Å²) in [6.45, 7) is 3.66.